The maximum Gasteiger partial charge on any atom is 0.135 e. The molecule has 0 saturated carbocycles. The molecule has 0 aliphatic heterocycles. The minimum Gasteiger partial charge on any atom is -0.456 e. The Bertz CT molecular complexity index is 3090. The van der Waals surface area contributed by atoms with Crippen molar-refractivity contribution in [1.29, 1.82) is 0 Å². The maximum absolute atomic E-state index is 6.07. The summed E-state index contributed by atoms with van der Waals surface area (Å²) in [4.78, 5) is 7.34. The number of aromatic nitrogens is 1. The topological polar surface area (TPSA) is 29.3 Å². The van der Waals surface area contributed by atoms with Crippen LogP contribution in [0.3, 0.4) is 0 Å². The molecule has 0 bridgehead atoms. The minimum atomic E-state index is 0.899. The van der Waals surface area contributed by atoms with Crippen LogP contribution in [0.1, 0.15) is 0 Å². The van der Waals surface area contributed by atoms with Gasteiger partial charge in [0.2, 0.25) is 0 Å². The van der Waals surface area contributed by atoms with E-state index in [9.17, 15) is 0 Å². The van der Waals surface area contributed by atoms with Crippen molar-refractivity contribution in [2.24, 2.45) is 0 Å². The second kappa shape index (κ2) is 12.2. The molecule has 0 atom stereocenters. The van der Waals surface area contributed by atoms with E-state index < -0.39 is 0 Å². The lowest BCUT2D eigenvalue weighted by Crippen LogP contribution is -2.09. The molecule has 252 valence electrons. The van der Waals surface area contributed by atoms with Crippen molar-refractivity contribution in [2.45, 2.75) is 0 Å². The van der Waals surface area contributed by atoms with Crippen LogP contribution in [-0.2, 0) is 0 Å². The first-order valence-corrected chi connectivity index (χ1v) is 18.4. The molecule has 2 aromatic heterocycles. The fourth-order valence-corrected chi connectivity index (χ4v) is 8.30. The van der Waals surface area contributed by atoms with Gasteiger partial charge in [-0.15, -0.1) is 0 Å². The van der Waals surface area contributed by atoms with E-state index in [0.717, 1.165) is 61.4 Å². The lowest BCUT2D eigenvalue weighted by Gasteiger charge is -2.25. The van der Waals surface area contributed by atoms with Crippen LogP contribution in [0, 0.1) is 0 Å². The van der Waals surface area contributed by atoms with Gasteiger partial charge in [-0.2, -0.15) is 0 Å². The number of furan rings is 1. The first-order chi connectivity index (χ1) is 26.8. The number of rotatable bonds is 6. The average Bonchev–Trinajstić information content (AvgIpc) is 3.62. The monoisotopic (exact) mass is 688 g/mol. The van der Waals surface area contributed by atoms with Crippen LogP contribution in [0.4, 0.5) is 17.1 Å². The van der Waals surface area contributed by atoms with Gasteiger partial charge < -0.3 is 9.32 Å². The highest BCUT2D eigenvalue weighted by Gasteiger charge is 2.17. The van der Waals surface area contributed by atoms with Gasteiger partial charge in [0.1, 0.15) is 11.2 Å². The number of anilines is 3. The quantitative estimate of drug-likeness (QED) is 0.163. The lowest BCUT2D eigenvalue weighted by atomic mass is 9.88. The van der Waals surface area contributed by atoms with E-state index in [4.69, 9.17) is 9.40 Å². The Labute approximate surface area is 312 Å². The molecule has 0 unspecified atom stereocenters. The number of hydrogen-bond acceptors (Lipinski definition) is 3. The van der Waals surface area contributed by atoms with Crippen molar-refractivity contribution >= 4 is 71.3 Å². The highest BCUT2D eigenvalue weighted by molar-refractivity contribution is 6.27. The molecule has 0 radical (unpaired) electrons. The van der Waals surface area contributed by atoms with E-state index in [-0.39, 0.29) is 0 Å². The molecule has 0 saturated heterocycles. The van der Waals surface area contributed by atoms with E-state index >= 15 is 0 Å². The zero-order valence-corrected chi connectivity index (χ0v) is 29.3. The number of benzene rings is 9. The third kappa shape index (κ3) is 4.87. The van der Waals surface area contributed by atoms with Crippen LogP contribution in [0.5, 0.6) is 0 Å². The number of pyridine rings is 1. The molecule has 3 nitrogen and oxygen atoms in total. The Hall–Kier alpha value is -7.23. The molecule has 9 aromatic carbocycles. The molecule has 11 aromatic rings. The van der Waals surface area contributed by atoms with Crippen LogP contribution < -0.4 is 4.90 Å². The van der Waals surface area contributed by atoms with Crippen molar-refractivity contribution in [3.05, 3.63) is 194 Å². The number of nitrogens with zero attached hydrogens (tertiary/aromatic N) is 2. The number of fused-ring (bicyclic) bond motifs is 3. The summed E-state index contributed by atoms with van der Waals surface area (Å²) in [6.07, 6.45) is 2.00. The minimum absolute atomic E-state index is 0.899. The van der Waals surface area contributed by atoms with Crippen LogP contribution in [0.25, 0.3) is 87.8 Å². The Kier molecular flexibility index (Phi) is 6.86. The molecule has 0 fully saturated rings. The largest absolute Gasteiger partial charge is 0.456 e. The van der Waals surface area contributed by atoms with E-state index in [1.165, 1.54) is 43.4 Å². The Morgan fingerprint density at radius 1 is 0.370 bits per heavy atom. The van der Waals surface area contributed by atoms with Gasteiger partial charge in [-0.25, -0.2) is 0 Å². The van der Waals surface area contributed by atoms with Crippen molar-refractivity contribution in [3.63, 3.8) is 0 Å². The lowest BCUT2D eigenvalue weighted by molar-refractivity contribution is 0.669. The SMILES string of the molecule is c1ccc(N(c2ccccc2)c2ccc(-c3ccc4ccc5c(-c6ccc(-c7ccc8oc9ccccc9c8c7)cn6)ccc6ccc3c4c65)cc2)cc1. The second-order valence-corrected chi connectivity index (χ2v) is 13.9. The van der Waals surface area contributed by atoms with Crippen molar-refractivity contribution in [1.82, 2.24) is 4.98 Å². The second-order valence-electron chi connectivity index (χ2n) is 13.9. The first kappa shape index (κ1) is 30.4. The molecule has 0 aliphatic carbocycles. The van der Waals surface area contributed by atoms with Crippen molar-refractivity contribution < 1.29 is 4.42 Å². The first-order valence-electron chi connectivity index (χ1n) is 18.4. The molecule has 2 heterocycles. The fourth-order valence-electron chi connectivity index (χ4n) is 8.30. The molecule has 11 rings (SSSR count). The normalized spacial score (nSPS) is 11.7. The van der Waals surface area contributed by atoms with E-state index in [2.05, 4.69) is 181 Å². The zero-order chi connectivity index (χ0) is 35.6. The summed E-state index contributed by atoms with van der Waals surface area (Å²) in [6, 6.07) is 67.1. The van der Waals surface area contributed by atoms with Crippen LogP contribution in [0.2, 0.25) is 0 Å². The molecule has 0 amide bonds. The van der Waals surface area contributed by atoms with Gasteiger partial charge in [0, 0.05) is 45.2 Å². The van der Waals surface area contributed by atoms with Crippen LogP contribution in [0.15, 0.2) is 199 Å². The highest BCUT2D eigenvalue weighted by Crippen LogP contribution is 2.43. The summed E-state index contributed by atoms with van der Waals surface area (Å²) in [5, 5.41) is 9.77. The van der Waals surface area contributed by atoms with Crippen LogP contribution >= 0.6 is 0 Å². The Balaban J connectivity index is 0.980. The molecular weight excluding hydrogens is 657 g/mol. The average molecular weight is 689 g/mol. The summed E-state index contributed by atoms with van der Waals surface area (Å²) in [5.41, 5.74) is 11.9. The third-order valence-electron chi connectivity index (χ3n) is 10.9. The van der Waals surface area contributed by atoms with Crippen molar-refractivity contribution in [2.75, 3.05) is 4.90 Å². The molecule has 0 aliphatic rings. The smallest absolute Gasteiger partial charge is 0.135 e. The van der Waals surface area contributed by atoms with Gasteiger partial charge in [-0.3, -0.25) is 4.98 Å². The standard InChI is InChI=1S/C51H32N2O/c1-3-9-38(10-4-1)53(39-11-5-2-6-12-39)40-23-15-33(16-24-40)41-25-17-34-20-28-45-42(26-18-35-19-27-44(41)50(34)51(35)45)47-29-21-37(32-52-47)36-22-30-49-46(31-36)43-13-7-8-14-48(43)54-49/h1-32H. The van der Waals surface area contributed by atoms with Gasteiger partial charge >= 0.3 is 0 Å². The van der Waals surface area contributed by atoms with Gasteiger partial charge in [0.25, 0.3) is 0 Å². The van der Waals surface area contributed by atoms with Crippen LogP contribution in [-0.4, -0.2) is 4.98 Å². The fraction of sp³-hybridized carbons (Fsp3) is 0. The molecular formula is C51H32N2O. The van der Waals surface area contributed by atoms with Gasteiger partial charge in [-0.05, 0) is 110 Å². The predicted octanol–water partition coefficient (Wildman–Crippen LogP) is 14.3. The Morgan fingerprint density at radius 2 is 0.926 bits per heavy atom. The highest BCUT2D eigenvalue weighted by atomic mass is 16.3. The summed E-state index contributed by atoms with van der Waals surface area (Å²) >= 11 is 0. The maximum atomic E-state index is 6.07. The van der Waals surface area contributed by atoms with Gasteiger partial charge in [0.15, 0.2) is 0 Å². The van der Waals surface area contributed by atoms with E-state index in [1.54, 1.807) is 0 Å². The summed E-state index contributed by atoms with van der Waals surface area (Å²) in [6.45, 7) is 0. The molecule has 0 spiro atoms. The summed E-state index contributed by atoms with van der Waals surface area (Å²) < 4.78 is 6.07. The molecule has 54 heavy (non-hydrogen) atoms. The summed E-state index contributed by atoms with van der Waals surface area (Å²) in [7, 11) is 0. The third-order valence-corrected chi connectivity index (χ3v) is 10.9. The Morgan fingerprint density at radius 3 is 1.61 bits per heavy atom. The van der Waals surface area contributed by atoms with E-state index in [0.29, 0.717) is 0 Å². The van der Waals surface area contributed by atoms with Gasteiger partial charge in [0.05, 0.1) is 5.69 Å². The molecule has 0 N–H and O–H groups in total. The molecule has 3 heteroatoms. The van der Waals surface area contributed by atoms with E-state index in [1.807, 2.05) is 18.3 Å². The zero-order valence-electron chi connectivity index (χ0n) is 29.3. The van der Waals surface area contributed by atoms with Gasteiger partial charge in [-0.1, -0.05) is 127 Å². The summed E-state index contributed by atoms with van der Waals surface area (Å²) in [5.74, 6) is 0. The van der Waals surface area contributed by atoms with Crippen molar-refractivity contribution in [3.8, 4) is 33.5 Å². The number of para-hydroxylation sites is 3. The predicted molar refractivity (Wildman–Crippen MR) is 226 cm³/mol. The number of hydrogen-bond donors (Lipinski definition) is 0.